The summed E-state index contributed by atoms with van der Waals surface area (Å²) in [6.07, 6.45) is 0. The summed E-state index contributed by atoms with van der Waals surface area (Å²) in [6, 6.07) is 9.71. The summed E-state index contributed by atoms with van der Waals surface area (Å²) >= 11 is 17.8. The van der Waals surface area contributed by atoms with Gasteiger partial charge in [0.1, 0.15) is 6.61 Å². The predicted molar refractivity (Wildman–Crippen MR) is 81.4 cm³/mol. The number of anilines is 1. The maximum Gasteiger partial charge on any atom is 0.340 e. The maximum absolute atomic E-state index is 11.9. The molecule has 0 bridgehead atoms. The molecule has 0 heterocycles. The Morgan fingerprint density at radius 2 is 1.90 bits per heavy atom. The van der Waals surface area contributed by atoms with Gasteiger partial charge in [-0.15, -0.1) is 0 Å². The number of hydrogen-bond donors (Lipinski definition) is 1. The molecule has 0 aliphatic carbocycles. The van der Waals surface area contributed by atoms with Gasteiger partial charge in [-0.1, -0.05) is 40.9 Å². The monoisotopic (exact) mass is 329 g/mol. The average Bonchev–Trinajstić information content (AvgIpc) is 2.42. The molecule has 2 aromatic rings. The predicted octanol–water partition coefficient (Wildman–Crippen LogP) is 4.59. The minimum atomic E-state index is -0.571. The zero-order valence-corrected chi connectivity index (χ0v) is 12.5. The summed E-state index contributed by atoms with van der Waals surface area (Å²) in [5, 5.41) is 1.16. The van der Waals surface area contributed by atoms with Gasteiger partial charge in [-0.05, 0) is 30.3 Å². The third-order valence-corrected chi connectivity index (χ3v) is 3.64. The number of carbonyl (C=O) groups is 1. The van der Waals surface area contributed by atoms with Gasteiger partial charge in [0.05, 0.1) is 16.3 Å². The van der Waals surface area contributed by atoms with E-state index < -0.39 is 5.97 Å². The summed E-state index contributed by atoms with van der Waals surface area (Å²) in [4.78, 5) is 11.9. The summed E-state index contributed by atoms with van der Waals surface area (Å²) in [5.74, 6) is -0.571. The molecule has 0 fully saturated rings. The van der Waals surface area contributed by atoms with Crippen LogP contribution in [0.2, 0.25) is 15.1 Å². The van der Waals surface area contributed by atoms with Crippen molar-refractivity contribution in [2.45, 2.75) is 6.61 Å². The van der Waals surface area contributed by atoms with Gasteiger partial charge in [0.15, 0.2) is 0 Å². The molecule has 20 heavy (non-hydrogen) atoms. The average molecular weight is 331 g/mol. The molecule has 3 nitrogen and oxygen atoms in total. The molecule has 0 aliphatic heterocycles. The standard InChI is InChI=1S/C14H10Cl3NO2/c15-9-4-5-11(16)8(6-9)7-20-14(19)10-2-1-3-12(18)13(10)17/h1-6H,7,18H2. The highest BCUT2D eigenvalue weighted by Crippen LogP contribution is 2.25. The Morgan fingerprint density at radius 3 is 2.65 bits per heavy atom. The lowest BCUT2D eigenvalue weighted by molar-refractivity contribution is 0.0473. The number of benzene rings is 2. The van der Waals surface area contributed by atoms with Crippen LogP contribution < -0.4 is 5.73 Å². The van der Waals surface area contributed by atoms with E-state index in [1.54, 1.807) is 36.4 Å². The van der Waals surface area contributed by atoms with E-state index in [4.69, 9.17) is 45.3 Å². The van der Waals surface area contributed by atoms with Crippen LogP contribution in [0, 0.1) is 0 Å². The van der Waals surface area contributed by atoms with Crippen molar-refractivity contribution in [2.24, 2.45) is 0 Å². The van der Waals surface area contributed by atoms with Crippen LogP contribution in [-0.2, 0) is 11.3 Å². The van der Waals surface area contributed by atoms with Crippen LogP contribution in [0.3, 0.4) is 0 Å². The fourth-order valence-corrected chi connectivity index (χ4v) is 2.15. The molecule has 2 aromatic carbocycles. The Labute approximate surface area is 131 Å². The second kappa shape index (κ2) is 6.35. The van der Waals surface area contributed by atoms with Crippen molar-refractivity contribution in [3.8, 4) is 0 Å². The van der Waals surface area contributed by atoms with Gasteiger partial charge in [0.2, 0.25) is 0 Å². The SMILES string of the molecule is Nc1cccc(C(=O)OCc2cc(Cl)ccc2Cl)c1Cl. The van der Waals surface area contributed by atoms with E-state index in [2.05, 4.69) is 0 Å². The van der Waals surface area contributed by atoms with Crippen LogP contribution in [0.15, 0.2) is 36.4 Å². The van der Waals surface area contributed by atoms with E-state index in [9.17, 15) is 4.79 Å². The van der Waals surface area contributed by atoms with E-state index in [0.717, 1.165) is 0 Å². The molecule has 2 N–H and O–H groups in total. The van der Waals surface area contributed by atoms with E-state index in [0.29, 0.717) is 21.3 Å². The molecule has 0 saturated heterocycles. The zero-order valence-electron chi connectivity index (χ0n) is 10.2. The third-order valence-electron chi connectivity index (χ3n) is 2.62. The first-order valence-corrected chi connectivity index (χ1v) is 6.77. The number of carbonyl (C=O) groups excluding carboxylic acids is 1. The fraction of sp³-hybridized carbons (Fsp3) is 0.0714. The van der Waals surface area contributed by atoms with Crippen LogP contribution in [0.5, 0.6) is 0 Å². The molecule has 0 radical (unpaired) electrons. The number of hydrogen-bond acceptors (Lipinski definition) is 3. The highest BCUT2D eigenvalue weighted by molar-refractivity contribution is 6.36. The highest BCUT2D eigenvalue weighted by Gasteiger charge is 2.14. The molecule has 0 spiro atoms. The third kappa shape index (κ3) is 3.37. The van der Waals surface area contributed by atoms with E-state index in [-0.39, 0.29) is 17.2 Å². The first-order chi connectivity index (χ1) is 9.49. The maximum atomic E-state index is 11.9. The minimum absolute atomic E-state index is 0.00333. The highest BCUT2D eigenvalue weighted by atomic mass is 35.5. The lowest BCUT2D eigenvalue weighted by Gasteiger charge is -2.09. The van der Waals surface area contributed by atoms with Crippen molar-refractivity contribution in [3.63, 3.8) is 0 Å². The van der Waals surface area contributed by atoms with Crippen LogP contribution in [0.1, 0.15) is 15.9 Å². The van der Waals surface area contributed by atoms with Gasteiger partial charge in [-0.3, -0.25) is 0 Å². The van der Waals surface area contributed by atoms with Crippen molar-refractivity contribution in [3.05, 3.63) is 62.6 Å². The Morgan fingerprint density at radius 1 is 1.15 bits per heavy atom. The van der Waals surface area contributed by atoms with Crippen molar-refractivity contribution >= 4 is 46.5 Å². The minimum Gasteiger partial charge on any atom is -0.457 e. The molecule has 2 rings (SSSR count). The Hall–Kier alpha value is -1.42. The quantitative estimate of drug-likeness (QED) is 0.661. The van der Waals surface area contributed by atoms with Crippen molar-refractivity contribution < 1.29 is 9.53 Å². The normalized spacial score (nSPS) is 10.3. The summed E-state index contributed by atoms with van der Waals surface area (Å²) in [7, 11) is 0. The first-order valence-electron chi connectivity index (χ1n) is 5.64. The number of ether oxygens (including phenoxy) is 1. The van der Waals surface area contributed by atoms with E-state index >= 15 is 0 Å². The molecule has 0 aliphatic rings. The molecule has 104 valence electrons. The smallest absolute Gasteiger partial charge is 0.340 e. The Bertz CT molecular complexity index is 659. The molecule has 6 heteroatoms. The number of nitrogens with two attached hydrogens (primary N) is 1. The Balaban J connectivity index is 2.13. The molecule has 0 aromatic heterocycles. The lowest BCUT2D eigenvalue weighted by atomic mass is 10.2. The largest absolute Gasteiger partial charge is 0.457 e. The molecule has 0 unspecified atom stereocenters. The molecular weight excluding hydrogens is 321 g/mol. The van der Waals surface area contributed by atoms with Crippen molar-refractivity contribution in [2.75, 3.05) is 5.73 Å². The topological polar surface area (TPSA) is 52.3 Å². The Kier molecular flexibility index (Phi) is 4.76. The lowest BCUT2D eigenvalue weighted by Crippen LogP contribution is -2.07. The summed E-state index contributed by atoms with van der Waals surface area (Å²) in [6.45, 7) is 0.00333. The molecule has 0 atom stereocenters. The molecule has 0 amide bonds. The van der Waals surface area contributed by atoms with Gasteiger partial charge in [0.25, 0.3) is 0 Å². The van der Waals surface area contributed by atoms with Crippen molar-refractivity contribution in [1.82, 2.24) is 0 Å². The second-order valence-electron chi connectivity index (χ2n) is 4.02. The van der Waals surface area contributed by atoms with E-state index in [1.165, 1.54) is 0 Å². The van der Waals surface area contributed by atoms with E-state index in [1.807, 2.05) is 0 Å². The summed E-state index contributed by atoms with van der Waals surface area (Å²) in [5.41, 5.74) is 6.78. The van der Waals surface area contributed by atoms with Gasteiger partial charge in [-0.2, -0.15) is 0 Å². The van der Waals surface area contributed by atoms with Gasteiger partial charge in [0, 0.05) is 15.6 Å². The summed E-state index contributed by atoms with van der Waals surface area (Å²) < 4.78 is 5.16. The first kappa shape index (κ1) is 15.0. The molecular formula is C14H10Cl3NO2. The second-order valence-corrected chi connectivity index (χ2v) is 5.24. The number of esters is 1. The van der Waals surface area contributed by atoms with Crippen molar-refractivity contribution in [1.29, 1.82) is 0 Å². The van der Waals surface area contributed by atoms with Gasteiger partial charge in [-0.25, -0.2) is 4.79 Å². The van der Waals surface area contributed by atoms with Crippen LogP contribution in [0.4, 0.5) is 5.69 Å². The van der Waals surface area contributed by atoms with Crippen LogP contribution in [0.25, 0.3) is 0 Å². The van der Waals surface area contributed by atoms with Crippen LogP contribution >= 0.6 is 34.8 Å². The van der Waals surface area contributed by atoms with Gasteiger partial charge >= 0.3 is 5.97 Å². The number of nitrogen functional groups attached to an aromatic ring is 1. The fourth-order valence-electron chi connectivity index (χ4n) is 1.58. The zero-order chi connectivity index (χ0) is 14.7. The number of halogens is 3. The van der Waals surface area contributed by atoms with Gasteiger partial charge < -0.3 is 10.5 Å². The van der Waals surface area contributed by atoms with Crippen LogP contribution in [-0.4, -0.2) is 5.97 Å². The number of rotatable bonds is 3. The molecule has 0 saturated carbocycles.